The van der Waals surface area contributed by atoms with Crippen molar-refractivity contribution in [3.8, 4) is 0 Å². The van der Waals surface area contributed by atoms with E-state index in [0.29, 0.717) is 5.02 Å². The van der Waals surface area contributed by atoms with Crippen LogP contribution in [0.15, 0.2) is 18.2 Å². The molecule has 3 nitrogen and oxygen atoms in total. The van der Waals surface area contributed by atoms with Crippen LogP contribution in [0.2, 0.25) is 5.02 Å². The molecule has 0 aliphatic heterocycles. The van der Waals surface area contributed by atoms with Gasteiger partial charge in [-0.2, -0.15) is 0 Å². The Morgan fingerprint density at radius 3 is 2.93 bits per heavy atom. The fourth-order valence-corrected chi connectivity index (χ4v) is 1.57. The molecule has 0 radical (unpaired) electrons. The molecular formula is C9H10ClIN2O. The predicted octanol–water partition coefficient (Wildman–Crippen LogP) is 2.10. The van der Waals surface area contributed by atoms with Gasteiger partial charge in [0.2, 0.25) is 5.91 Å². The van der Waals surface area contributed by atoms with Gasteiger partial charge in [-0.3, -0.25) is 4.79 Å². The van der Waals surface area contributed by atoms with Crippen LogP contribution in [0.3, 0.4) is 0 Å². The number of anilines is 1. The smallest absolute Gasteiger partial charge is 0.239 e. The molecule has 0 bridgehead atoms. The van der Waals surface area contributed by atoms with Crippen LogP contribution in [0, 0.1) is 3.57 Å². The normalized spacial score (nSPS) is 9.64. The van der Waals surface area contributed by atoms with Crippen LogP contribution in [0.25, 0.3) is 0 Å². The highest BCUT2D eigenvalue weighted by molar-refractivity contribution is 14.1. The zero-order valence-electron chi connectivity index (χ0n) is 7.60. The number of likely N-dealkylation sites (N-methyl/N-ethyl adjacent to an activating group) is 1. The Balaban J connectivity index is 2.66. The fraction of sp³-hybridized carbons (Fsp3) is 0.222. The monoisotopic (exact) mass is 324 g/mol. The summed E-state index contributed by atoms with van der Waals surface area (Å²) in [6.45, 7) is 0.232. The van der Waals surface area contributed by atoms with Crippen molar-refractivity contribution in [2.24, 2.45) is 0 Å². The highest BCUT2D eigenvalue weighted by Gasteiger charge is 2.02. The lowest BCUT2D eigenvalue weighted by Gasteiger charge is -2.07. The molecule has 76 valence electrons. The molecule has 0 heterocycles. The molecule has 1 aromatic carbocycles. The van der Waals surface area contributed by atoms with E-state index in [1.54, 1.807) is 13.1 Å². The van der Waals surface area contributed by atoms with Crippen LogP contribution in [0.5, 0.6) is 0 Å². The van der Waals surface area contributed by atoms with Crippen LogP contribution in [0.4, 0.5) is 5.69 Å². The Morgan fingerprint density at radius 2 is 2.29 bits per heavy atom. The summed E-state index contributed by atoms with van der Waals surface area (Å²) >= 11 is 8.11. The standard InChI is InChI=1S/C9H10ClIN2O/c1-12-9(14)5-13-8-4-6(11)2-3-7(8)10/h2-4,13H,5H2,1H3,(H,12,14). The largest absolute Gasteiger partial charge is 0.375 e. The van der Waals surface area contributed by atoms with Gasteiger partial charge >= 0.3 is 0 Å². The third kappa shape index (κ3) is 3.34. The summed E-state index contributed by atoms with van der Waals surface area (Å²) in [5.41, 5.74) is 0.780. The summed E-state index contributed by atoms with van der Waals surface area (Å²) in [7, 11) is 1.60. The maximum atomic E-state index is 11.0. The van der Waals surface area contributed by atoms with Crippen LogP contribution >= 0.6 is 34.2 Å². The van der Waals surface area contributed by atoms with Crippen molar-refractivity contribution < 1.29 is 4.79 Å². The second kappa shape index (κ2) is 5.41. The highest BCUT2D eigenvalue weighted by atomic mass is 127. The number of carbonyl (C=O) groups excluding carboxylic acids is 1. The Labute approximate surface area is 101 Å². The van der Waals surface area contributed by atoms with Crippen molar-refractivity contribution in [2.45, 2.75) is 0 Å². The van der Waals surface area contributed by atoms with Gasteiger partial charge in [-0.15, -0.1) is 0 Å². The van der Waals surface area contributed by atoms with Gasteiger partial charge in [-0.1, -0.05) is 11.6 Å². The summed E-state index contributed by atoms with van der Waals surface area (Å²) in [6.07, 6.45) is 0. The van der Waals surface area contributed by atoms with E-state index in [9.17, 15) is 4.79 Å². The van der Waals surface area contributed by atoms with E-state index >= 15 is 0 Å². The van der Waals surface area contributed by atoms with Crippen LogP contribution in [-0.2, 0) is 4.79 Å². The molecule has 0 unspecified atom stereocenters. The van der Waals surface area contributed by atoms with Gasteiger partial charge in [0, 0.05) is 10.6 Å². The maximum Gasteiger partial charge on any atom is 0.239 e. The van der Waals surface area contributed by atoms with Gasteiger partial charge in [-0.05, 0) is 40.8 Å². The van der Waals surface area contributed by atoms with E-state index in [2.05, 4.69) is 33.2 Å². The van der Waals surface area contributed by atoms with E-state index in [1.807, 2.05) is 12.1 Å². The van der Waals surface area contributed by atoms with Crippen LogP contribution in [-0.4, -0.2) is 19.5 Å². The quantitative estimate of drug-likeness (QED) is 0.836. The van der Waals surface area contributed by atoms with E-state index < -0.39 is 0 Å². The highest BCUT2D eigenvalue weighted by Crippen LogP contribution is 2.23. The number of carbonyl (C=O) groups is 1. The summed E-state index contributed by atoms with van der Waals surface area (Å²) in [4.78, 5) is 11.0. The van der Waals surface area contributed by atoms with E-state index in [1.165, 1.54) is 0 Å². The molecule has 0 fully saturated rings. The molecule has 0 aliphatic rings. The van der Waals surface area contributed by atoms with Gasteiger partial charge in [0.05, 0.1) is 17.3 Å². The number of amides is 1. The first kappa shape index (κ1) is 11.6. The van der Waals surface area contributed by atoms with Crippen molar-refractivity contribution in [2.75, 3.05) is 18.9 Å². The maximum absolute atomic E-state index is 11.0. The minimum Gasteiger partial charge on any atom is -0.375 e. The zero-order valence-corrected chi connectivity index (χ0v) is 10.5. The second-order valence-electron chi connectivity index (χ2n) is 2.65. The number of benzene rings is 1. The second-order valence-corrected chi connectivity index (χ2v) is 4.30. The lowest BCUT2D eigenvalue weighted by atomic mass is 10.3. The number of nitrogens with one attached hydrogen (secondary N) is 2. The van der Waals surface area contributed by atoms with Gasteiger partial charge in [0.1, 0.15) is 0 Å². The third-order valence-electron chi connectivity index (χ3n) is 1.65. The molecule has 14 heavy (non-hydrogen) atoms. The van der Waals surface area contributed by atoms with Gasteiger partial charge in [0.15, 0.2) is 0 Å². The van der Waals surface area contributed by atoms with Gasteiger partial charge in [0.25, 0.3) is 0 Å². The van der Waals surface area contributed by atoms with Crippen molar-refractivity contribution >= 4 is 45.8 Å². The van der Waals surface area contributed by atoms with Crippen molar-refractivity contribution in [3.63, 3.8) is 0 Å². The first-order chi connectivity index (χ1) is 6.63. The first-order valence-corrected chi connectivity index (χ1v) is 5.48. The predicted molar refractivity (Wildman–Crippen MR) is 66.7 cm³/mol. The Kier molecular flexibility index (Phi) is 4.47. The lowest BCUT2D eigenvalue weighted by Crippen LogP contribution is -2.26. The van der Waals surface area contributed by atoms with Crippen molar-refractivity contribution in [1.29, 1.82) is 0 Å². The molecule has 0 aromatic heterocycles. The summed E-state index contributed by atoms with van der Waals surface area (Å²) < 4.78 is 1.08. The molecule has 0 spiro atoms. The molecule has 0 saturated heterocycles. The molecule has 5 heteroatoms. The molecule has 1 aromatic rings. The van der Waals surface area contributed by atoms with Crippen LogP contribution < -0.4 is 10.6 Å². The summed E-state index contributed by atoms with van der Waals surface area (Å²) in [6, 6.07) is 5.61. The minimum absolute atomic E-state index is 0.0695. The minimum atomic E-state index is -0.0695. The Morgan fingerprint density at radius 1 is 1.57 bits per heavy atom. The number of halogens is 2. The molecule has 1 amide bonds. The van der Waals surface area contributed by atoms with Gasteiger partial charge < -0.3 is 10.6 Å². The fourth-order valence-electron chi connectivity index (χ4n) is 0.897. The summed E-state index contributed by atoms with van der Waals surface area (Å²) in [5, 5.41) is 6.10. The number of rotatable bonds is 3. The number of hydrogen-bond acceptors (Lipinski definition) is 2. The molecular weight excluding hydrogens is 314 g/mol. The summed E-state index contributed by atoms with van der Waals surface area (Å²) in [5.74, 6) is -0.0695. The lowest BCUT2D eigenvalue weighted by molar-refractivity contribution is -0.118. The third-order valence-corrected chi connectivity index (χ3v) is 2.65. The zero-order chi connectivity index (χ0) is 10.6. The Bertz CT molecular complexity index is 344. The van der Waals surface area contributed by atoms with Crippen molar-refractivity contribution in [1.82, 2.24) is 5.32 Å². The topological polar surface area (TPSA) is 41.1 Å². The SMILES string of the molecule is CNC(=O)CNc1cc(I)ccc1Cl. The van der Waals surface area contributed by atoms with Gasteiger partial charge in [-0.25, -0.2) is 0 Å². The molecule has 0 aliphatic carbocycles. The average Bonchev–Trinajstić information content (AvgIpc) is 2.19. The first-order valence-electron chi connectivity index (χ1n) is 4.03. The number of hydrogen-bond donors (Lipinski definition) is 2. The van der Waals surface area contributed by atoms with Crippen molar-refractivity contribution in [3.05, 3.63) is 26.8 Å². The average molecular weight is 325 g/mol. The Hall–Kier alpha value is -0.490. The van der Waals surface area contributed by atoms with E-state index in [0.717, 1.165) is 9.26 Å². The van der Waals surface area contributed by atoms with Crippen LogP contribution in [0.1, 0.15) is 0 Å². The molecule has 1 rings (SSSR count). The molecule has 0 saturated carbocycles. The molecule has 0 atom stereocenters. The van der Waals surface area contributed by atoms with E-state index in [4.69, 9.17) is 11.6 Å². The van der Waals surface area contributed by atoms with E-state index in [-0.39, 0.29) is 12.5 Å². The molecule has 2 N–H and O–H groups in total.